The fourth-order valence-corrected chi connectivity index (χ4v) is 2.43. The van der Waals surface area contributed by atoms with Crippen LogP contribution in [0.1, 0.15) is 21.5 Å². The Morgan fingerprint density at radius 2 is 1.65 bits per heavy atom. The molecule has 0 unspecified atom stereocenters. The lowest BCUT2D eigenvalue weighted by atomic mass is 10.0. The molecule has 0 atom stereocenters. The van der Waals surface area contributed by atoms with Crippen LogP contribution in [0.3, 0.4) is 0 Å². The zero-order valence-corrected chi connectivity index (χ0v) is 11.4. The molecule has 1 nitrogen and oxygen atoms in total. The van der Waals surface area contributed by atoms with Gasteiger partial charge in [0.2, 0.25) is 0 Å². The molecule has 0 fully saturated rings. The van der Waals surface area contributed by atoms with E-state index in [2.05, 4.69) is 0 Å². The third-order valence-electron chi connectivity index (χ3n) is 2.80. The molecule has 20 heavy (non-hydrogen) atoms. The van der Waals surface area contributed by atoms with Gasteiger partial charge in [-0.05, 0) is 24.5 Å². The average molecular weight is 296 g/mol. The first kappa shape index (κ1) is 14.7. The Hall–Kier alpha value is -1.75. The number of rotatable bonds is 3. The number of halogens is 3. The van der Waals surface area contributed by atoms with Crippen molar-refractivity contribution in [2.45, 2.75) is 11.1 Å². The highest BCUT2D eigenvalue weighted by molar-refractivity contribution is 7.98. The van der Waals surface area contributed by atoms with E-state index in [-0.39, 0.29) is 10.5 Å². The second-order valence-electron chi connectivity index (χ2n) is 4.11. The molecule has 0 heterocycles. The Bertz CT molecular complexity index is 621. The van der Waals surface area contributed by atoms with Crippen molar-refractivity contribution < 1.29 is 18.0 Å². The normalized spacial score (nSPS) is 11.4. The van der Waals surface area contributed by atoms with Crippen LogP contribution in [-0.2, 0) is 6.18 Å². The third kappa shape index (κ3) is 3.04. The summed E-state index contributed by atoms with van der Waals surface area (Å²) >= 11 is 1.01. The van der Waals surface area contributed by atoms with Crippen molar-refractivity contribution >= 4 is 17.5 Å². The molecule has 104 valence electrons. The molecule has 2 aromatic rings. The number of hydrogen-bond donors (Lipinski definition) is 0. The lowest BCUT2D eigenvalue weighted by molar-refractivity contribution is -0.139. The average Bonchev–Trinajstić information content (AvgIpc) is 2.46. The predicted molar refractivity (Wildman–Crippen MR) is 73.1 cm³/mol. The number of carbonyl (C=O) groups is 1. The van der Waals surface area contributed by atoms with Crippen molar-refractivity contribution in [3.8, 4) is 0 Å². The smallest absolute Gasteiger partial charge is 0.289 e. The molecule has 5 heteroatoms. The number of benzene rings is 2. The van der Waals surface area contributed by atoms with E-state index >= 15 is 0 Å². The van der Waals surface area contributed by atoms with Gasteiger partial charge in [-0.25, -0.2) is 0 Å². The van der Waals surface area contributed by atoms with Gasteiger partial charge < -0.3 is 0 Å². The molecule has 2 aromatic carbocycles. The van der Waals surface area contributed by atoms with Gasteiger partial charge in [-0.15, -0.1) is 11.8 Å². The predicted octanol–water partition coefficient (Wildman–Crippen LogP) is 4.66. The highest BCUT2D eigenvalue weighted by atomic mass is 32.2. The fraction of sp³-hybridized carbons (Fsp3) is 0.133. The molecule has 0 saturated carbocycles. The van der Waals surface area contributed by atoms with Crippen molar-refractivity contribution in [1.29, 1.82) is 0 Å². The van der Waals surface area contributed by atoms with E-state index < -0.39 is 17.5 Å². The van der Waals surface area contributed by atoms with Crippen molar-refractivity contribution in [1.82, 2.24) is 0 Å². The molecule has 0 radical (unpaired) electrons. The van der Waals surface area contributed by atoms with Crippen LogP contribution >= 0.6 is 11.8 Å². The van der Waals surface area contributed by atoms with Crippen LogP contribution in [0.5, 0.6) is 0 Å². The van der Waals surface area contributed by atoms with Crippen LogP contribution in [0, 0.1) is 0 Å². The first-order valence-electron chi connectivity index (χ1n) is 5.78. The summed E-state index contributed by atoms with van der Waals surface area (Å²) < 4.78 is 38.9. The molecule has 0 aliphatic carbocycles. The van der Waals surface area contributed by atoms with Crippen molar-refractivity contribution in [2.24, 2.45) is 0 Å². The molecular weight excluding hydrogens is 285 g/mol. The number of hydrogen-bond acceptors (Lipinski definition) is 2. The molecule has 0 aliphatic heterocycles. The van der Waals surface area contributed by atoms with Crippen LogP contribution in [0.15, 0.2) is 53.4 Å². The molecule has 0 aliphatic rings. The summed E-state index contributed by atoms with van der Waals surface area (Å²) in [6.07, 6.45) is -2.89. The second-order valence-corrected chi connectivity index (χ2v) is 4.96. The molecule has 0 spiro atoms. The third-order valence-corrected chi connectivity index (χ3v) is 3.60. The minimum atomic E-state index is -4.47. The molecule has 0 bridgehead atoms. The maximum atomic E-state index is 13.0. The van der Waals surface area contributed by atoms with E-state index in [1.54, 1.807) is 36.6 Å². The van der Waals surface area contributed by atoms with Crippen LogP contribution in [0.2, 0.25) is 0 Å². The van der Waals surface area contributed by atoms with E-state index in [0.717, 1.165) is 17.8 Å². The monoisotopic (exact) mass is 296 g/mol. The molecular formula is C15H11F3OS. The molecule has 0 saturated heterocycles. The van der Waals surface area contributed by atoms with Crippen molar-refractivity contribution in [2.75, 3.05) is 6.26 Å². The van der Waals surface area contributed by atoms with E-state index in [1.165, 1.54) is 12.1 Å². The van der Waals surface area contributed by atoms with Crippen LogP contribution in [-0.4, -0.2) is 12.0 Å². The van der Waals surface area contributed by atoms with Crippen LogP contribution in [0.4, 0.5) is 13.2 Å². The second kappa shape index (κ2) is 5.71. The summed E-state index contributed by atoms with van der Waals surface area (Å²) in [6.45, 7) is 0. The topological polar surface area (TPSA) is 17.1 Å². The first-order chi connectivity index (χ1) is 9.43. The Kier molecular flexibility index (Phi) is 4.18. The van der Waals surface area contributed by atoms with Gasteiger partial charge >= 0.3 is 6.18 Å². The highest BCUT2D eigenvalue weighted by Crippen LogP contribution is 2.36. The summed E-state index contributed by atoms with van der Waals surface area (Å²) in [4.78, 5) is 12.3. The number of alkyl halides is 3. The minimum absolute atomic E-state index is 0.0429. The number of thioether (sulfide) groups is 1. The van der Waals surface area contributed by atoms with Gasteiger partial charge in [0.1, 0.15) is 0 Å². The quantitative estimate of drug-likeness (QED) is 0.605. The molecule has 2 rings (SSSR count). The van der Waals surface area contributed by atoms with Crippen molar-refractivity contribution in [3.05, 3.63) is 65.2 Å². The standard InChI is InChI=1S/C15H11F3OS/c1-20-13-8-7-11(9-12(13)15(16,17)18)14(19)10-5-3-2-4-6-10/h2-9H,1H3. The van der Waals surface area contributed by atoms with E-state index in [9.17, 15) is 18.0 Å². The lowest BCUT2D eigenvalue weighted by Crippen LogP contribution is -2.10. The number of carbonyl (C=O) groups excluding carboxylic acids is 1. The number of ketones is 1. The van der Waals surface area contributed by atoms with Crippen molar-refractivity contribution in [3.63, 3.8) is 0 Å². The van der Waals surface area contributed by atoms with Gasteiger partial charge in [0, 0.05) is 16.0 Å². The van der Waals surface area contributed by atoms with Gasteiger partial charge in [-0.3, -0.25) is 4.79 Å². The summed E-state index contributed by atoms with van der Waals surface area (Å²) in [5.41, 5.74) is -0.356. The summed E-state index contributed by atoms with van der Waals surface area (Å²) in [5.74, 6) is -0.413. The van der Waals surface area contributed by atoms with Gasteiger partial charge in [0.15, 0.2) is 5.78 Å². The SMILES string of the molecule is CSc1ccc(C(=O)c2ccccc2)cc1C(F)(F)F. The fourth-order valence-electron chi connectivity index (χ4n) is 1.83. The summed E-state index contributed by atoms with van der Waals surface area (Å²) in [7, 11) is 0. The highest BCUT2D eigenvalue weighted by Gasteiger charge is 2.34. The van der Waals surface area contributed by atoms with Gasteiger partial charge in [-0.2, -0.15) is 13.2 Å². The Morgan fingerprint density at radius 1 is 1.00 bits per heavy atom. The Labute approximate surface area is 118 Å². The summed E-state index contributed by atoms with van der Waals surface area (Å²) in [6, 6.07) is 11.9. The maximum Gasteiger partial charge on any atom is 0.417 e. The lowest BCUT2D eigenvalue weighted by Gasteiger charge is -2.12. The van der Waals surface area contributed by atoms with E-state index in [1.807, 2.05) is 0 Å². The molecule has 0 amide bonds. The Balaban J connectivity index is 2.47. The molecule has 0 N–H and O–H groups in total. The first-order valence-corrected chi connectivity index (χ1v) is 7.01. The minimum Gasteiger partial charge on any atom is -0.289 e. The Morgan fingerprint density at radius 3 is 2.20 bits per heavy atom. The van der Waals surface area contributed by atoms with Gasteiger partial charge in [-0.1, -0.05) is 30.3 Å². The summed E-state index contributed by atoms with van der Waals surface area (Å²) in [5, 5.41) is 0. The maximum absolute atomic E-state index is 13.0. The van der Waals surface area contributed by atoms with Crippen LogP contribution in [0.25, 0.3) is 0 Å². The van der Waals surface area contributed by atoms with Crippen LogP contribution < -0.4 is 0 Å². The zero-order chi connectivity index (χ0) is 14.8. The van der Waals surface area contributed by atoms with E-state index in [0.29, 0.717) is 5.56 Å². The zero-order valence-electron chi connectivity index (χ0n) is 10.6. The van der Waals surface area contributed by atoms with E-state index in [4.69, 9.17) is 0 Å². The van der Waals surface area contributed by atoms with Gasteiger partial charge in [0.05, 0.1) is 5.56 Å². The van der Waals surface area contributed by atoms with Gasteiger partial charge in [0.25, 0.3) is 0 Å². The largest absolute Gasteiger partial charge is 0.417 e. The molecule has 0 aromatic heterocycles.